The van der Waals surface area contributed by atoms with Crippen molar-refractivity contribution in [1.82, 2.24) is 4.98 Å². The number of carbonyl (C=O) groups is 2. The SMILES string of the molecule is CS(=O)(=O)c1cccc(C(=O)Nc2ccc(NC(=O)c3ccncc3)cc2Cl)c1. The Morgan fingerprint density at radius 1 is 0.897 bits per heavy atom. The van der Waals surface area contributed by atoms with Crippen molar-refractivity contribution in [3.05, 3.63) is 83.1 Å². The highest BCUT2D eigenvalue weighted by Gasteiger charge is 2.14. The van der Waals surface area contributed by atoms with Crippen molar-refractivity contribution in [3.8, 4) is 0 Å². The van der Waals surface area contributed by atoms with Crippen LogP contribution < -0.4 is 10.6 Å². The average molecular weight is 430 g/mol. The molecule has 0 spiro atoms. The molecule has 9 heteroatoms. The van der Waals surface area contributed by atoms with Crippen LogP contribution in [0.5, 0.6) is 0 Å². The predicted molar refractivity (Wildman–Crippen MR) is 111 cm³/mol. The highest BCUT2D eigenvalue weighted by atomic mass is 35.5. The van der Waals surface area contributed by atoms with Gasteiger partial charge in [-0.05, 0) is 48.5 Å². The minimum atomic E-state index is -3.43. The topological polar surface area (TPSA) is 105 Å². The van der Waals surface area contributed by atoms with E-state index in [2.05, 4.69) is 15.6 Å². The second-order valence-electron chi connectivity index (χ2n) is 6.14. The third kappa shape index (κ3) is 5.18. The summed E-state index contributed by atoms with van der Waals surface area (Å²) in [5.74, 6) is -0.830. The fraction of sp³-hybridized carbons (Fsp3) is 0.0500. The summed E-state index contributed by atoms with van der Waals surface area (Å²) in [6.45, 7) is 0. The van der Waals surface area contributed by atoms with Crippen molar-refractivity contribution < 1.29 is 18.0 Å². The fourth-order valence-corrected chi connectivity index (χ4v) is 3.36. The van der Waals surface area contributed by atoms with Crippen LogP contribution in [0.15, 0.2) is 71.9 Å². The van der Waals surface area contributed by atoms with Crippen molar-refractivity contribution >= 4 is 44.6 Å². The quantitative estimate of drug-likeness (QED) is 0.644. The van der Waals surface area contributed by atoms with Gasteiger partial charge in [-0.3, -0.25) is 14.6 Å². The van der Waals surface area contributed by atoms with Gasteiger partial charge < -0.3 is 10.6 Å². The molecule has 0 radical (unpaired) electrons. The molecule has 3 rings (SSSR count). The number of carbonyl (C=O) groups excluding carboxylic acids is 2. The number of sulfone groups is 1. The first-order valence-corrected chi connectivity index (χ1v) is 10.6. The zero-order valence-corrected chi connectivity index (χ0v) is 16.8. The van der Waals surface area contributed by atoms with Gasteiger partial charge in [0.25, 0.3) is 11.8 Å². The molecule has 0 unspecified atom stereocenters. The molecule has 148 valence electrons. The van der Waals surface area contributed by atoms with E-state index in [1.165, 1.54) is 42.7 Å². The second-order valence-corrected chi connectivity index (χ2v) is 8.56. The van der Waals surface area contributed by atoms with Crippen LogP contribution >= 0.6 is 11.6 Å². The first-order valence-electron chi connectivity index (χ1n) is 8.36. The molecule has 2 amide bonds. The maximum absolute atomic E-state index is 12.5. The maximum atomic E-state index is 12.5. The van der Waals surface area contributed by atoms with Gasteiger partial charge in [-0.1, -0.05) is 17.7 Å². The minimum Gasteiger partial charge on any atom is -0.322 e. The Kier molecular flexibility index (Phi) is 5.95. The van der Waals surface area contributed by atoms with Crippen LogP contribution in [0.3, 0.4) is 0 Å². The number of anilines is 2. The van der Waals surface area contributed by atoms with Crippen LogP contribution in [0.1, 0.15) is 20.7 Å². The van der Waals surface area contributed by atoms with E-state index in [1.807, 2.05) is 0 Å². The highest BCUT2D eigenvalue weighted by Crippen LogP contribution is 2.26. The molecule has 0 aliphatic rings. The summed E-state index contributed by atoms with van der Waals surface area (Å²) < 4.78 is 23.3. The van der Waals surface area contributed by atoms with E-state index in [9.17, 15) is 18.0 Å². The number of hydrogen-bond donors (Lipinski definition) is 2. The third-order valence-corrected chi connectivity index (χ3v) is 5.36. The van der Waals surface area contributed by atoms with Crippen molar-refractivity contribution in [2.45, 2.75) is 4.90 Å². The van der Waals surface area contributed by atoms with Gasteiger partial charge in [0.05, 0.1) is 15.6 Å². The summed E-state index contributed by atoms with van der Waals surface area (Å²) in [6, 6.07) is 13.5. The third-order valence-electron chi connectivity index (χ3n) is 3.94. The van der Waals surface area contributed by atoms with Crippen LogP contribution in [0.25, 0.3) is 0 Å². The van der Waals surface area contributed by atoms with Gasteiger partial charge in [0, 0.05) is 35.5 Å². The number of nitrogens with zero attached hydrogens (tertiary/aromatic N) is 1. The molecule has 1 heterocycles. The minimum absolute atomic E-state index is 0.0467. The molecule has 0 saturated heterocycles. The summed E-state index contributed by atoms with van der Waals surface area (Å²) in [5, 5.41) is 5.55. The van der Waals surface area contributed by atoms with E-state index < -0.39 is 15.7 Å². The first kappa shape index (κ1) is 20.5. The second kappa shape index (κ2) is 8.42. The van der Waals surface area contributed by atoms with Gasteiger partial charge in [-0.15, -0.1) is 0 Å². The molecular formula is C20H16ClN3O4S. The lowest BCUT2D eigenvalue weighted by atomic mass is 10.2. The normalized spacial score (nSPS) is 11.0. The smallest absolute Gasteiger partial charge is 0.255 e. The molecular weight excluding hydrogens is 414 g/mol. The largest absolute Gasteiger partial charge is 0.322 e. The number of halogens is 1. The molecule has 7 nitrogen and oxygen atoms in total. The Morgan fingerprint density at radius 3 is 2.24 bits per heavy atom. The molecule has 0 fully saturated rings. The summed E-state index contributed by atoms with van der Waals surface area (Å²) >= 11 is 6.22. The number of amides is 2. The number of nitrogens with one attached hydrogen (secondary N) is 2. The van der Waals surface area contributed by atoms with E-state index in [4.69, 9.17) is 11.6 Å². The lowest BCUT2D eigenvalue weighted by molar-refractivity contribution is 0.101. The molecule has 2 aromatic carbocycles. The Balaban J connectivity index is 1.74. The van der Waals surface area contributed by atoms with Crippen LogP contribution in [-0.4, -0.2) is 31.5 Å². The van der Waals surface area contributed by atoms with Gasteiger partial charge in [0.1, 0.15) is 0 Å². The van der Waals surface area contributed by atoms with Crippen LogP contribution in [0.2, 0.25) is 5.02 Å². The number of rotatable bonds is 5. The monoisotopic (exact) mass is 429 g/mol. The predicted octanol–water partition coefficient (Wildman–Crippen LogP) is 3.64. The highest BCUT2D eigenvalue weighted by molar-refractivity contribution is 7.90. The molecule has 0 saturated carbocycles. The summed E-state index contributed by atoms with van der Waals surface area (Å²) in [7, 11) is -3.43. The molecule has 29 heavy (non-hydrogen) atoms. The molecule has 0 atom stereocenters. The van der Waals surface area contributed by atoms with Crippen molar-refractivity contribution in [1.29, 1.82) is 0 Å². The van der Waals surface area contributed by atoms with Gasteiger partial charge in [0.2, 0.25) is 0 Å². The first-order chi connectivity index (χ1) is 13.7. The number of hydrogen-bond acceptors (Lipinski definition) is 5. The van der Waals surface area contributed by atoms with Crippen molar-refractivity contribution in [2.24, 2.45) is 0 Å². The molecule has 0 aliphatic heterocycles. The Hall–Kier alpha value is -3.23. The van der Waals surface area contributed by atoms with Gasteiger partial charge >= 0.3 is 0 Å². The average Bonchev–Trinajstić information content (AvgIpc) is 2.70. The number of benzene rings is 2. The number of aromatic nitrogens is 1. The lowest BCUT2D eigenvalue weighted by Crippen LogP contribution is -2.14. The van der Waals surface area contributed by atoms with Crippen LogP contribution in [0.4, 0.5) is 11.4 Å². The Bertz CT molecular complexity index is 1180. The molecule has 2 N–H and O–H groups in total. The summed E-state index contributed by atoms with van der Waals surface area (Å²) in [6.07, 6.45) is 4.10. The van der Waals surface area contributed by atoms with Crippen LogP contribution in [0, 0.1) is 0 Å². The molecule has 0 bridgehead atoms. The molecule has 0 aliphatic carbocycles. The zero-order valence-electron chi connectivity index (χ0n) is 15.2. The summed E-state index contributed by atoms with van der Waals surface area (Å²) in [5.41, 5.74) is 1.40. The molecule has 3 aromatic rings. The van der Waals surface area contributed by atoms with Crippen molar-refractivity contribution in [2.75, 3.05) is 16.9 Å². The van der Waals surface area contributed by atoms with E-state index in [1.54, 1.807) is 24.3 Å². The van der Waals surface area contributed by atoms with Crippen molar-refractivity contribution in [3.63, 3.8) is 0 Å². The zero-order chi connectivity index (χ0) is 21.0. The van der Waals surface area contributed by atoms with E-state index in [0.29, 0.717) is 16.9 Å². The van der Waals surface area contributed by atoms with Gasteiger partial charge in [-0.25, -0.2) is 8.42 Å². The lowest BCUT2D eigenvalue weighted by Gasteiger charge is -2.11. The Labute approximate surface area is 172 Å². The van der Waals surface area contributed by atoms with Crippen LogP contribution in [-0.2, 0) is 9.84 Å². The maximum Gasteiger partial charge on any atom is 0.255 e. The van der Waals surface area contributed by atoms with E-state index in [0.717, 1.165) is 6.26 Å². The molecule has 1 aromatic heterocycles. The summed E-state index contributed by atoms with van der Waals surface area (Å²) in [4.78, 5) is 28.5. The van der Waals surface area contributed by atoms with E-state index >= 15 is 0 Å². The standard InChI is InChI=1S/C20H16ClN3O4S/c1-29(27,28)16-4-2-3-14(11-16)20(26)24-18-6-5-15(12-17(18)21)23-19(25)13-7-9-22-10-8-13/h2-12H,1H3,(H,23,25)(H,24,26). The Morgan fingerprint density at radius 2 is 1.59 bits per heavy atom. The number of pyridine rings is 1. The fourth-order valence-electron chi connectivity index (χ4n) is 2.46. The van der Waals surface area contributed by atoms with Gasteiger partial charge in [0.15, 0.2) is 9.84 Å². The van der Waals surface area contributed by atoms with Gasteiger partial charge in [-0.2, -0.15) is 0 Å². The van der Waals surface area contributed by atoms with E-state index in [-0.39, 0.29) is 21.4 Å².